The van der Waals surface area contributed by atoms with Crippen LogP contribution in [-0.2, 0) is 12.7 Å². The molecule has 2 aromatic carbocycles. The van der Waals surface area contributed by atoms with Crippen molar-refractivity contribution < 1.29 is 27.9 Å². The standard InChI is InChI=1S/C20H17F3N4O3/c1-12(14-4-6-15(7-5-14)19(29)30)25-18(28)17-10-24-26-27(17)11-13-2-8-16(9-3-13)20(21,22)23/h2-10,12H,11H2,1H3,(H,25,28)(H,29,30)/t12-/m0/s1. The maximum absolute atomic E-state index is 12.7. The van der Waals surface area contributed by atoms with Gasteiger partial charge in [0, 0.05) is 0 Å². The van der Waals surface area contributed by atoms with Crippen molar-refractivity contribution in [3.05, 3.63) is 82.7 Å². The lowest BCUT2D eigenvalue weighted by atomic mass is 10.1. The Hall–Kier alpha value is -3.69. The van der Waals surface area contributed by atoms with Gasteiger partial charge in [-0.15, -0.1) is 5.10 Å². The zero-order chi connectivity index (χ0) is 21.9. The number of carboxylic acid groups (broad SMARTS) is 1. The minimum Gasteiger partial charge on any atom is -0.478 e. The van der Waals surface area contributed by atoms with Crippen molar-refractivity contribution in [2.24, 2.45) is 0 Å². The lowest BCUT2D eigenvalue weighted by Crippen LogP contribution is -2.29. The quantitative estimate of drug-likeness (QED) is 0.638. The minimum absolute atomic E-state index is 0.0720. The number of carbonyl (C=O) groups is 2. The van der Waals surface area contributed by atoms with E-state index in [1.807, 2.05) is 0 Å². The predicted octanol–water partition coefficient (Wildman–Crippen LogP) is 3.53. The van der Waals surface area contributed by atoms with Gasteiger partial charge in [-0.05, 0) is 42.3 Å². The minimum atomic E-state index is -4.42. The monoisotopic (exact) mass is 418 g/mol. The Morgan fingerprint density at radius 3 is 2.30 bits per heavy atom. The van der Waals surface area contributed by atoms with Gasteiger partial charge in [-0.25, -0.2) is 9.48 Å². The Kier molecular flexibility index (Phi) is 5.86. The molecule has 0 unspecified atom stereocenters. The molecule has 10 heteroatoms. The number of nitrogens with zero attached hydrogens (tertiary/aromatic N) is 3. The van der Waals surface area contributed by atoms with Gasteiger partial charge in [-0.2, -0.15) is 13.2 Å². The summed E-state index contributed by atoms with van der Waals surface area (Å²) in [4.78, 5) is 23.5. The third-order valence-electron chi connectivity index (χ3n) is 4.47. The second kappa shape index (κ2) is 8.36. The lowest BCUT2D eigenvalue weighted by Gasteiger charge is -2.15. The number of benzene rings is 2. The highest BCUT2D eigenvalue weighted by Crippen LogP contribution is 2.29. The average molecular weight is 418 g/mol. The van der Waals surface area contributed by atoms with Gasteiger partial charge in [0.25, 0.3) is 5.91 Å². The van der Waals surface area contributed by atoms with Crippen molar-refractivity contribution in [3.63, 3.8) is 0 Å². The van der Waals surface area contributed by atoms with Crippen LogP contribution in [0.2, 0.25) is 0 Å². The van der Waals surface area contributed by atoms with E-state index in [4.69, 9.17) is 5.11 Å². The van der Waals surface area contributed by atoms with Gasteiger partial charge in [0.2, 0.25) is 0 Å². The van der Waals surface area contributed by atoms with Crippen LogP contribution in [0.25, 0.3) is 0 Å². The molecule has 0 aliphatic rings. The second-order valence-corrected chi connectivity index (χ2v) is 6.59. The fraction of sp³-hybridized carbons (Fsp3) is 0.200. The molecule has 30 heavy (non-hydrogen) atoms. The summed E-state index contributed by atoms with van der Waals surface area (Å²) in [6, 6.07) is 10.2. The maximum atomic E-state index is 12.7. The van der Waals surface area contributed by atoms with Crippen LogP contribution in [0.4, 0.5) is 13.2 Å². The van der Waals surface area contributed by atoms with E-state index >= 15 is 0 Å². The van der Waals surface area contributed by atoms with Crippen LogP contribution >= 0.6 is 0 Å². The van der Waals surface area contributed by atoms with Crippen molar-refractivity contribution in [3.8, 4) is 0 Å². The van der Waals surface area contributed by atoms with Crippen molar-refractivity contribution in [2.75, 3.05) is 0 Å². The molecule has 0 radical (unpaired) electrons. The van der Waals surface area contributed by atoms with E-state index in [1.54, 1.807) is 19.1 Å². The Morgan fingerprint density at radius 2 is 1.73 bits per heavy atom. The van der Waals surface area contributed by atoms with Gasteiger partial charge in [0.05, 0.1) is 29.9 Å². The molecule has 0 saturated carbocycles. The van der Waals surface area contributed by atoms with Crippen LogP contribution in [0.1, 0.15) is 50.5 Å². The Labute approximate surface area is 169 Å². The summed E-state index contributed by atoms with van der Waals surface area (Å²) in [7, 11) is 0. The first kappa shape index (κ1) is 21.0. The van der Waals surface area contributed by atoms with E-state index in [0.717, 1.165) is 12.1 Å². The van der Waals surface area contributed by atoms with Gasteiger partial charge in [0.1, 0.15) is 5.69 Å². The number of hydrogen-bond donors (Lipinski definition) is 2. The molecule has 2 N–H and O–H groups in total. The average Bonchev–Trinajstić information content (AvgIpc) is 3.16. The molecule has 1 aromatic heterocycles. The molecule has 7 nitrogen and oxygen atoms in total. The summed E-state index contributed by atoms with van der Waals surface area (Å²) in [6.07, 6.45) is -3.16. The Bertz CT molecular complexity index is 1040. The van der Waals surface area contributed by atoms with Crippen LogP contribution in [0.15, 0.2) is 54.7 Å². The van der Waals surface area contributed by atoms with E-state index < -0.39 is 29.7 Å². The number of carboxylic acids is 1. The van der Waals surface area contributed by atoms with E-state index in [-0.39, 0.29) is 17.8 Å². The van der Waals surface area contributed by atoms with Gasteiger partial charge < -0.3 is 10.4 Å². The molecule has 1 heterocycles. The molecule has 1 atom stereocenters. The largest absolute Gasteiger partial charge is 0.478 e. The van der Waals surface area contributed by atoms with E-state index in [2.05, 4.69) is 15.6 Å². The first-order valence-corrected chi connectivity index (χ1v) is 8.84. The number of nitrogens with one attached hydrogen (secondary N) is 1. The lowest BCUT2D eigenvalue weighted by molar-refractivity contribution is -0.137. The van der Waals surface area contributed by atoms with Crippen LogP contribution in [-0.4, -0.2) is 32.0 Å². The van der Waals surface area contributed by atoms with Gasteiger partial charge >= 0.3 is 12.1 Å². The highest BCUT2D eigenvalue weighted by Gasteiger charge is 2.30. The number of amides is 1. The van der Waals surface area contributed by atoms with Crippen LogP contribution < -0.4 is 5.32 Å². The molecule has 0 spiro atoms. The normalized spacial score (nSPS) is 12.4. The molecule has 0 bridgehead atoms. The van der Waals surface area contributed by atoms with Gasteiger partial charge in [-0.3, -0.25) is 4.79 Å². The van der Waals surface area contributed by atoms with Crippen molar-refractivity contribution in [1.29, 1.82) is 0 Å². The first-order valence-electron chi connectivity index (χ1n) is 8.84. The highest BCUT2D eigenvalue weighted by molar-refractivity contribution is 5.92. The molecule has 3 aromatic rings. The topological polar surface area (TPSA) is 97.1 Å². The predicted molar refractivity (Wildman–Crippen MR) is 99.9 cm³/mol. The fourth-order valence-electron chi connectivity index (χ4n) is 2.79. The van der Waals surface area contributed by atoms with Crippen LogP contribution in [0.5, 0.6) is 0 Å². The summed E-state index contributed by atoms with van der Waals surface area (Å²) in [5.41, 5.74) is 0.750. The number of halogens is 3. The number of rotatable bonds is 6. The first-order chi connectivity index (χ1) is 14.1. The SMILES string of the molecule is C[C@H](NC(=O)c1cnnn1Cc1ccc(C(F)(F)F)cc1)c1ccc(C(=O)O)cc1. The van der Waals surface area contributed by atoms with E-state index in [0.29, 0.717) is 11.1 Å². The molecular weight excluding hydrogens is 401 g/mol. The number of aromatic carboxylic acids is 1. The molecule has 0 fully saturated rings. The molecule has 0 aliphatic carbocycles. The number of alkyl halides is 3. The zero-order valence-electron chi connectivity index (χ0n) is 15.7. The van der Waals surface area contributed by atoms with Crippen LogP contribution in [0, 0.1) is 0 Å². The van der Waals surface area contributed by atoms with Gasteiger partial charge in [0.15, 0.2) is 0 Å². The summed E-state index contributed by atoms with van der Waals surface area (Å²) in [5.74, 6) is -1.52. The van der Waals surface area contributed by atoms with Crippen LogP contribution in [0.3, 0.4) is 0 Å². The highest BCUT2D eigenvalue weighted by atomic mass is 19.4. The van der Waals surface area contributed by atoms with Crippen molar-refractivity contribution in [1.82, 2.24) is 20.3 Å². The summed E-state index contributed by atoms with van der Waals surface area (Å²) < 4.78 is 39.3. The summed E-state index contributed by atoms with van der Waals surface area (Å²) in [5, 5.41) is 19.3. The molecular formula is C20H17F3N4O3. The molecule has 3 rings (SSSR count). The Morgan fingerprint density at radius 1 is 1.10 bits per heavy atom. The maximum Gasteiger partial charge on any atom is 0.416 e. The number of hydrogen-bond acceptors (Lipinski definition) is 4. The third-order valence-corrected chi connectivity index (χ3v) is 4.47. The fourth-order valence-corrected chi connectivity index (χ4v) is 2.79. The molecule has 156 valence electrons. The summed E-state index contributed by atoms with van der Waals surface area (Å²) >= 11 is 0. The number of carbonyl (C=O) groups excluding carboxylic acids is 1. The van der Waals surface area contributed by atoms with Crippen molar-refractivity contribution in [2.45, 2.75) is 25.7 Å². The second-order valence-electron chi connectivity index (χ2n) is 6.59. The molecule has 1 amide bonds. The summed E-state index contributed by atoms with van der Waals surface area (Å²) in [6.45, 7) is 1.81. The number of aromatic nitrogens is 3. The molecule has 0 aliphatic heterocycles. The smallest absolute Gasteiger partial charge is 0.416 e. The van der Waals surface area contributed by atoms with E-state index in [1.165, 1.54) is 35.1 Å². The Balaban J connectivity index is 1.69. The van der Waals surface area contributed by atoms with Gasteiger partial charge in [-0.1, -0.05) is 29.5 Å². The molecule has 0 saturated heterocycles. The third kappa shape index (κ3) is 4.83. The van der Waals surface area contributed by atoms with Crippen molar-refractivity contribution >= 4 is 11.9 Å². The zero-order valence-corrected chi connectivity index (χ0v) is 15.7. The van der Waals surface area contributed by atoms with E-state index in [9.17, 15) is 22.8 Å².